The number of aliphatic hydroxyl groups excluding tert-OH is 1. The van der Waals surface area contributed by atoms with E-state index in [-0.39, 0.29) is 33.7 Å². The zero-order valence-corrected chi connectivity index (χ0v) is 23.6. The van der Waals surface area contributed by atoms with Crippen LogP contribution in [0, 0.1) is 23.7 Å². The number of methoxy groups -OCH3 is 2. The maximum Gasteiger partial charge on any atom is 0.305 e. The summed E-state index contributed by atoms with van der Waals surface area (Å²) < 4.78 is 37.6. The smallest absolute Gasteiger partial charge is 0.305 e. The number of benzene rings is 2. The number of aliphatic hydroxyl groups is 1. The molecule has 2 aliphatic carbocycles. The molecule has 1 N–H and O–H groups in total. The van der Waals surface area contributed by atoms with E-state index in [1.165, 1.54) is 32.4 Å². The number of ketones is 1. The van der Waals surface area contributed by atoms with Crippen molar-refractivity contribution in [3.05, 3.63) is 71.2 Å². The summed E-state index contributed by atoms with van der Waals surface area (Å²) in [6.45, 7) is 0. The minimum Gasteiger partial charge on any atom is -0.497 e. The van der Waals surface area contributed by atoms with Gasteiger partial charge in [0.05, 0.1) is 25.2 Å². The van der Waals surface area contributed by atoms with Crippen molar-refractivity contribution in [1.82, 2.24) is 0 Å². The van der Waals surface area contributed by atoms with E-state index < -0.39 is 27.6 Å². The molecule has 0 bridgehead atoms. The van der Waals surface area contributed by atoms with Gasteiger partial charge in [0.15, 0.2) is 0 Å². The molecule has 0 spiro atoms. The topological polar surface area (TPSA) is 107 Å². The molecule has 7 nitrogen and oxygen atoms in total. The van der Waals surface area contributed by atoms with E-state index in [0.717, 1.165) is 25.7 Å². The van der Waals surface area contributed by atoms with Gasteiger partial charge in [-0.05, 0) is 67.0 Å². The number of carbonyl (C=O) groups excluding carboxylic acids is 2. The molecule has 0 aromatic heterocycles. The Hall–Kier alpha value is -3.67. The SMILES string of the molecule is COC(=O)CCCC#C/C=C1\C(=O)C(S(=O)(=O)c2cccc3cc(OC)ccc23)=CC1/C=C/C(O)C1CCCC1. The van der Waals surface area contributed by atoms with Gasteiger partial charge in [0.2, 0.25) is 15.6 Å². The first-order chi connectivity index (χ1) is 19.3. The van der Waals surface area contributed by atoms with Crippen LogP contribution >= 0.6 is 0 Å². The van der Waals surface area contributed by atoms with Crippen LogP contribution in [-0.2, 0) is 24.2 Å². The Morgan fingerprint density at radius 2 is 1.95 bits per heavy atom. The van der Waals surface area contributed by atoms with Crippen molar-refractivity contribution < 1.29 is 32.6 Å². The molecule has 8 heteroatoms. The number of esters is 1. The third kappa shape index (κ3) is 6.55. The summed E-state index contributed by atoms with van der Waals surface area (Å²) >= 11 is 0. The van der Waals surface area contributed by atoms with Gasteiger partial charge in [-0.25, -0.2) is 8.42 Å². The summed E-state index contributed by atoms with van der Waals surface area (Å²) in [5, 5.41) is 11.8. The Balaban J connectivity index is 1.66. The van der Waals surface area contributed by atoms with E-state index >= 15 is 0 Å². The van der Waals surface area contributed by atoms with Gasteiger partial charge in [0, 0.05) is 29.7 Å². The molecule has 2 aromatic rings. The van der Waals surface area contributed by atoms with E-state index in [0.29, 0.717) is 29.4 Å². The van der Waals surface area contributed by atoms with Gasteiger partial charge in [-0.1, -0.05) is 49.0 Å². The van der Waals surface area contributed by atoms with E-state index in [1.807, 2.05) is 0 Å². The zero-order valence-electron chi connectivity index (χ0n) is 22.8. The fourth-order valence-electron chi connectivity index (χ4n) is 5.18. The highest BCUT2D eigenvalue weighted by molar-refractivity contribution is 7.96. The molecule has 0 radical (unpaired) electrons. The molecule has 0 aliphatic heterocycles. The van der Waals surface area contributed by atoms with Crippen LogP contribution < -0.4 is 4.74 Å². The van der Waals surface area contributed by atoms with Gasteiger partial charge in [-0.2, -0.15) is 0 Å². The molecule has 210 valence electrons. The fourth-order valence-corrected chi connectivity index (χ4v) is 6.84. The predicted molar refractivity (Wildman–Crippen MR) is 153 cm³/mol. The molecule has 2 unspecified atom stereocenters. The summed E-state index contributed by atoms with van der Waals surface area (Å²) in [6.07, 6.45) is 10.8. The molecule has 2 aromatic carbocycles. The Morgan fingerprint density at radius 1 is 1.18 bits per heavy atom. The van der Waals surface area contributed by atoms with Crippen molar-refractivity contribution in [2.45, 2.75) is 55.9 Å². The maximum absolute atomic E-state index is 13.9. The van der Waals surface area contributed by atoms with E-state index in [4.69, 9.17) is 4.74 Å². The predicted octanol–water partition coefficient (Wildman–Crippen LogP) is 5.09. The molecule has 2 atom stereocenters. The second-order valence-corrected chi connectivity index (χ2v) is 11.9. The third-order valence-electron chi connectivity index (χ3n) is 7.44. The number of hydrogen-bond acceptors (Lipinski definition) is 7. The van der Waals surface area contributed by atoms with Crippen molar-refractivity contribution in [3.63, 3.8) is 0 Å². The number of carbonyl (C=O) groups is 2. The largest absolute Gasteiger partial charge is 0.497 e. The minimum atomic E-state index is -4.17. The number of fused-ring (bicyclic) bond motifs is 1. The number of Topliss-reactive ketones (excluding diaryl/α,β-unsaturated/α-hetero) is 1. The molecular weight excluding hydrogens is 528 g/mol. The van der Waals surface area contributed by atoms with Gasteiger partial charge in [-0.3, -0.25) is 9.59 Å². The zero-order chi connectivity index (χ0) is 28.7. The quantitative estimate of drug-likeness (QED) is 0.149. The molecule has 4 rings (SSSR count). The van der Waals surface area contributed by atoms with E-state index in [1.54, 1.807) is 42.5 Å². The summed E-state index contributed by atoms with van der Waals surface area (Å²) in [7, 11) is -1.30. The van der Waals surface area contributed by atoms with Crippen LogP contribution in [0.2, 0.25) is 0 Å². The summed E-state index contributed by atoms with van der Waals surface area (Å²) in [4.78, 5) is 24.6. The van der Waals surface area contributed by atoms with Crippen LogP contribution in [0.4, 0.5) is 0 Å². The molecule has 0 heterocycles. The number of ether oxygens (including phenoxy) is 2. The molecule has 2 aliphatic rings. The molecular formula is C32H34O7S. The summed E-state index contributed by atoms with van der Waals surface area (Å²) in [5.41, 5.74) is 0.232. The summed E-state index contributed by atoms with van der Waals surface area (Å²) in [5.74, 6) is 4.96. The van der Waals surface area contributed by atoms with Crippen LogP contribution in [0.25, 0.3) is 10.8 Å². The Kier molecular flexibility index (Phi) is 9.62. The maximum atomic E-state index is 13.9. The average molecular weight is 563 g/mol. The van der Waals surface area contributed by atoms with Gasteiger partial charge in [0.1, 0.15) is 10.7 Å². The monoisotopic (exact) mass is 562 g/mol. The standard InChI is InChI=1S/C32H34O7S/c1-38-25-17-18-26-23(20-25)12-9-14-29(26)40(36,37)30-21-24(16-19-28(33)22-10-7-8-11-22)27(32(30)35)13-5-3-4-6-15-31(34)39-2/h9,12-14,16-22,24,28,33H,4,6-8,10-11,15H2,1-2H3/b19-16+,27-13-. The van der Waals surface area contributed by atoms with Crippen molar-refractivity contribution in [1.29, 1.82) is 0 Å². The number of hydrogen-bond donors (Lipinski definition) is 1. The van der Waals surface area contributed by atoms with Crippen LogP contribution in [0.15, 0.2) is 76.1 Å². The normalized spacial score (nSPS) is 19.6. The lowest BCUT2D eigenvalue weighted by Crippen LogP contribution is -2.15. The minimum absolute atomic E-state index is 0.0381. The Bertz CT molecular complexity index is 1530. The average Bonchev–Trinajstić information content (AvgIpc) is 3.61. The number of sulfone groups is 1. The van der Waals surface area contributed by atoms with Crippen molar-refractivity contribution in [3.8, 4) is 17.6 Å². The van der Waals surface area contributed by atoms with E-state index in [9.17, 15) is 23.1 Å². The van der Waals surface area contributed by atoms with Gasteiger partial charge in [-0.15, -0.1) is 0 Å². The first-order valence-corrected chi connectivity index (χ1v) is 14.9. The van der Waals surface area contributed by atoms with Gasteiger partial charge in [0.25, 0.3) is 0 Å². The van der Waals surface area contributed by atoms with Gasteiger partial charge < -0.3 is 14.6 Å². The lowest BCUT2D eigenvalue weighted by Gasteiger charge is -2.14. The molecule has 1 fully saturated rings. The molecule has 0 saturated heterocycles. The highest BCUT2D eigenvalue weighted by atomic mass is 32.2. The van der Waals surface area contributed by atoms with Crippen LogP contribution in [0.1, 0.15) is 44.9 Å². The first-order valence-electron chi connectivity index (χ1n) is 13.5. The second-order valence-electron chi connectivity index (χ2n) is 10.0. The molecule has 1 saturated carbocycles. The Morgan fingerprint density at radius 3 is 2.67 bits per heavy atom. The van der Waals surface area contributed by atoms with Crippen molar-refractivity contribution >= 4 is 32.4 Å². The number of unbranched alkanes of at least 4 members (excludes halogenated alkanes) is 1. The number of allylic oxidation sites excluding steroid dienone is 5. The second kappa shape index (κ2) is 13.1. The van der Waals surface area contributed by atoms with Crippen molar-refractivity contribution in [2.75, 3.05) is 14.2 Å². The van der Waals surface area contributed by atoms with Crippen molar-refractivity contribution in [2.24, 2.45) is 11.8 Å². The lowest BCUT2D eigenvalue weighted by molar-refractivity contribution is -0.140. The van der Waals surface area contributed by atoms with Crippen LogP contribution in [0.5, 0.6) is 5.75 Å². The highest BCUT2D eigenvalue weighted by Gasteiger charge is 2.38. The third-order valence-corrected chi connectivity index (χ3v) is 9.28. The first kappa shape index (κ1) is 29.3. The fraction of sp³-hybridized carbons (Fsp3) is 0.375. The lowest BCUT2D eigenvalue weighted by atomic mass is 9.96. The van der Waals surface area contributed by atoms with Gasteiger partial charge >= 0.3 is 5.97 Å². The molecule has 40 heavy (non-hydrogen) atoms. The van der Waals surface area contributed by atoms with Crippen LogP contribution in [-0.4, -0.2) is 45.6 Å². The summed E-state index contributed by atoms with van der Waals surface area (Å²) in [6, 6.07) is 10.0. The highest BCUT2D eigenvalue weighted by Crippen LogP contribution is 2.37. The number of rotatable bonds is 9. The van der Waals surface area contributed by atoms with E-state index in [2.05, 4.69) is 16.6 Å². The van der Waals surface area contributed by atoms with Crippen LogP contribution in [0.3, 0.4) is 0 Å². The molecule has 0 amide bonds. The Labute approximate surface area is 235 Å².